The summed E-state index contributed by atoms with van der Waals surface area (Å²) >= 11 is 0.781. The van der Waals surface area contributed by atoms with E-state index in [0.717, 1.165) is 16.4 Å². The van der Waals surface area contributed by atoms with Gasteiger partial charge in [-0.3, -0.25) is 9.10 Å². The zero-order valence-electron chi connectivity index (χ0n) is 12.9. The molecule has 0 heterocycles. The number of aliphatic hydroxyl groups is 1. The van der Waals surface area contributed by atoms with Crippen LogP contribution in [0, 0.1) is 24.2 Å². The number of aliphatic hydroxyl groups excluding tert-OH is 1. The smallest absolute Gasteiger partial charge is 0.578 e. The number of alkyl halides is 3. The Kier molecular flexibility index (Phi) is 5.61. The molecular weight excluding hydrogens is 377 g/mol. The molecule has 5 nitrogen and oxygen atoms in total. The number of nitriles is 1. The molecule has 0 aromatic heterocycles. The van der Waals surface area contributed by atoms with Crippen LogP contribution in [0.15, 0.2) is 34.4 Å². The quantitative estimate of drug-likeness (QED) is 0.271. The van der Waals surface area contributed by atoms with Gasteiger partial charge in [0.25, 0.3) is 5.91 Å². The van der Waals surface area contributed by atoms with E-state index >= 15 is 0 Å². The van der Waals surface area contributed by atoms with Gasteiger partial charge in [-0.2, -0.15) is 5.26 Å². The molecule has 0 radical (unpaired) electrons. The Morgan fingerprint density at radius 3 is 2.52 bits per heavy atom. The van der Waals surface area contributed by atoms with Crippen molar-refractivity contribution in [3.05, 3.63) is 35.1 Å². The lowest BCUT2D eigenvalue weighted by molar-refractivity contribution is -0.113. The van der Waals surface area contributed by atoms with Crippen LogP contribution >= 0.6 is 12.8 Å². The molecule has 1 aliphatic rings. The number of carbonyl (C=O) groups is 1. The minimum Gasteiger partial charge on any atom is -0.604 e. The minimum absolute atomic E-state index is 0.0499. The number of halogens is 3. The normalized spacial score (nSPS) is 16.7. The summed E-state index contributed by atoms with van der Waals surface area (Å²) in [6.45, 7) is 1.32. The first-order valence-electron chi connectivity index (χ1n) is 7.03. The van der Waals surface area contributed by atoms with Crippen LogP contribution in [0.4, 0.5) is 18.9 Å². The lowest BCUT2D eigenvalue weighted by Crippen LogP contribution is -2.25. The number of nitrogens with zero attached hydrogens (tertiary/aromatic N) is 2. The van der Waals surface area contributed by atoms with Gasteiger partial charge in [-0.15, -0.1) is 13.2 Å². The summed E-state index contributed by atoms with van der Waals surface area (Å²) in [6, 6.07) is 4.96. The molecule has 1 aliphatic carbocycles. The number of thiol groups is 1. The van der Waals surface area contributed by atoms with E-state index in [9.17, 15) is 27.6 Å². The molecule has 25 heavy (non-hydrogen) atoms. The highest BCUT2D eigenvalue weighted by atomic mass is 32.2. The van der Waals surface area contributed by atoms with E-state index in [-0.39, 0.29) is 22.9 Å². The number of amides is 1. The molecule has 10 heteroatoms. The molecule has 1 N–H and O–H groups in total. The van der Waals surface area contributed by atoms with Crippen molar-refractivity contribution in [3.8, 4) is 6.07 Å². The SMILES string of the molecule is Cc1cc(N(S)C(=O)C(C#N)=C(O)C2CC2)ccc1[S+]([O-])C(F)(F)F. The van der Waals surface area contributed by atoms with Crippen molar-refractivity contribution in [2.24, 2.45) is 5.92 Å². The van der Waals surface area contributed by atoms with Gasteiger partial charge >= 0.3 is 5.51 Å². The first kappa shape index (κ1) is 19.5. The second kappa shape index (κ2) is 7.19. The molecule has 1 aromatic rings. The fourth-order valence-electron chi connectivity index (χ4n) is 2.10. The van der Waals surface area contributed by atoms with E-state index in [2.05, 4.69) is 12.8 Å². The highest BCUT2D eigenvalue weighted by Gasteiger charge is 2.46. The molecule has 1 fully saturated rings. The average Bonchev–Trinajstić information content (AvgIpc) is 3.37. The van der Waals surface area contributed by atoms with Crippen LogP contribution in [-0.2, 0) is 16.0 Å². The van der Waals surface area contributed by atoms with Crippen molar-refractivity contribution >= 4 is 35.6 Å². The predicted molar refractivity (Wildman–Crippen MR) is 88.1 cm³/mol. The van der Waals surface area contributed by atoms with Crippen LogP contribution in [0.2, 0.25) is 0 Å². The molecule has 1 atom stereocenters. The van der Waals surface area contributed by atoms with E-state index in [4.69, 9.17) is 5.26 Å². The van der Waals surface area contributed by atoms with E-state index in [0.29, 0.717) is 12.8 Å². The van der Waals surface area contributed by atoms with E-state index < -0.39 is 33.1 Å². The Hall–Kier alpha value is -1.83. The van der Waals surface area contributed by atoms with Gasteiger partial charge in [-0.25, -0.2) is 0 Å². The van der Waals surface area contributed by atoms with Crippen LogP contribution in [0.3, 0.4) is 0 Å². The highest BCUT2D eigenvalue weighted by molar-refractivity contribution is 7.92. The van der Waals surface area contributed by atoms with Crippen molar-refractivity contribution in [3.63, 3.8) is 0 Å². The number of benzene rings is 1. The van der Waals surface area contributed by atoms with Crippen molar-refractivity contribution in [1.29, 1.82) is 5.26 Å². The summed E-state index contributed by atoms with van der Waals surface area (Å²) in [6.07, 6.45) is 1.35. The van der Waals surface area contributed by atoms with Crippen molar-refractivity contribution in [2.45, 2.75) is 30.2 Å². The lowest BCUT2D eigenvalue weighted by atomic mass is 10.1. The molecule has 0 spiro atoms. The largest absolute Gasteiger partial charge is 0.604 e. The maximum Gasteiger partial charge on any atom is 0.578 e. The van der Waals surface area contributed by atoms with Crippen molar-refractivity contribution in [1.82, 2.24) is 0 Å². The minimum atomic E-state index is -4.89. The molecule has 2 rings (SSSR count). The van der Waals surface area contributed by atoms with Gasteiger partial charge in [0.05, 0.1) is 16.9 Å². The van der Waals surface area contributed by atoms with Crippen LogP contribution < -0.4 is 4.31 Å². The van der Waals surface area contributed by atoms with Gasteiger partial charge in [0.2, 0.25) is 0 Å². The summed E-state index contributed by atoms with van der Waals surface area (Å²) in [5.74, 6) is -1.42. The fourth-order valence-corrected chi connectivity index (χ4v) is 3.11. The molecule has 1 aromatic carbocycles. The number of aryl methyl sites for hydroxylation is 1. The Morgan fingerprint density at radius 1 is 1.48 bits per heavy atom. The molecular formula is C15H13F3N2O3S2. The summed E-state index contributed by atoms with van der Waals surface area (Å²) in [7, 11) is 0. The molecule has 1 saturated carbocycles. The summed E-state index contributed by atoms with van der Waals surface area (Å²) in [5, 5.41) is 19.0. The first-order valence-corrected chi connectivity index (χ1v) is 8.58. The first-order chi connectivity index (χ1) is 11.6. The van der Waals surface area contributed by atoms with Gasteiger partial charge in [-0.05, 0) is 38.0 Å². The highest BCUT2D eigenvalue weighted by Crippen LogP contribution is 2.37. The van der Waals surface area contributed by atoms with E-state index in [1.807, 2.05) is 0 Å². The molecule has 0 saturated heterocycles. The number of rotatable bonds is 4. The summed E-state index contributed by atoms with van der Waals surface area (Å²) in [5.41, 5.74) is -5.22. The zero-order chi connectivity index (χ0) is 18.9. The van der Waals surface area contributed by atoms with Crippen LogP contribution in [-0.4, -0.2) is 21.1 Å². The predicted octanol–water partition coefficient (Wildman–Crippen LogP) is 3.55. The number of allylic oxidation sites excluding steroid dienone is 1. The van der Waals surface area contributed by atoms with Gasteiger partial charge in [0.1, 0.15) is 11.8 Å². The third kappa shape index (κ3) is 4.23. The molecule has 1 unspecified atom stereocenters. The van der Waals surface area contributed by atoms with Gasteiger partial charge in [0.15, 0.2) is 10.5 Å². The monoisotopic (exact) mass is 390 g/mol. The Morgan fingerprint density at radius 2 is 2.08 bits per heavy atom. The van der Waals surface area contributed by atoms with Crippen molar-refractivity contribution < 1.29 is 27.6 Å². The molecule has 0 bridgehead atoms. The Balaban J connectivity index is 2.30. The molecule has 0 aliphatic heterocycles. The van der Waals surface area contributed by atoms with Crippen molar-refractivity contribution in [2.75, 3.05) is 4.31 Å². The molecule has 1 amide bonds. The Labute approximate surface area is 150 Å². The number of hydrogen-bond acceptors (Lipinski definition) is 5. The zero-order valence-corrected chi connectivity index (χ0v) is 14.6. The van der Waals surface area contributed by atoms with Gasteiger partial charge in [0, 0.05) is 11.5 Å². The number of anilines is 1. The molecule has 134 valence electrons. The summed E-state index contributed by atoms with van der Waals surface area (Å²) < 4.78 is 49.9. The topological polar surface area (TPSA) is 87.4 Å². The number of carbonyl (C=O) groups excluding carboxylic acids is 1. The maximum atomic E-state index is 12.6. The van der Waals surface area contributed by atoms with E-state index in [1.54, 1.807) is 6.07 Å². The third-order valence-electron chi connectivity index (χ3n) is 3.55. The van der Waals surface area contributed by atoms with E-state index in [1.165, 1.54) is 13.0 Å². The van der Waals surface area contributed by atoms with Crippen LogP contribution in [0.5, 0.6) is 0 Å². The second-order valence-corrected chi connectivity index (χ2v) is 7.27. The maximum absolute atomic E-state index is 12.6. The van der Waals surface area contributed by atoms with Crippen LogP contribution in [0.1, 0.15) is 18.4 Å². The lowest BCUT2D eigenvalue weighted by Gasteiger charge is -2.18. The van der Waals surface area contributed by atoms with Gasteiger partial charge in [-0.1, -0.05) is 12.8 Å². The second-order valence-electron chi connectivity index (χ2n) is 5.43. The average molecular weight is 390 g/mol. The standard InChI is InChI=1S/C15H13F3N2O3S2/c1-8-6-10(4-5-12(8)25(23)15(16,17)18)20(24)14(22)11(7-19)13(21)9-2-3-9/h4-6,9,21,24H,2-3H2,1H3. The third-order valence-corrected chi connectivity index (χ3v) is 5.24. The van der Waals surface area contributed by atoms with Gasteiger partial charge < -0.3 is 9.66 Å². The summed E-state index contributed by atoms with van der Waals surface area (Å²) in [4.78, 5) is 11.9. The Bertz CT molecular complexity index is 770. The van der Waals surface area contributed by atoms with Crippen LogP contribution in [0.25, 0.3) is 0 Å². The fraction of sp³-hybridized carbons (Fsp3) is 0.333. The number of hydrogen-bond donors (Lipinski definition) is 2.